The van der Waals surface area contributed by atoms with Crippen molar-refractivity contribution in [3.8, 4) is 0 Å². The summed E-state index contributed by atoms with van der Waals surface area (Å²) in [6.45, 7) is 6.41. The lowest BCUT2D eigenvalue weighted by Crippen LogP contribution is -2.42. The fourth-order valence-electron chi connectivity index (χ4n) is 2.65. The monoisotopic (exact) mass is 291 g/mol. The van der Waals surface area contributed by atoms with Gasteiger partial charge in [-0.05, 0) is 37.6 Å². The number of carbonyl (C=O) groups excluding carboxylic acids is 1. The molecule has 0 saturated heterocycles. The summed E-state index contributed by atoms with van der Waals surface area (Å²) in [4.78, 5) is 23.0. The Bertz CT molecular complexity index is 559. The molecule has 1 heterocycles. The largest absolute Gasteiger partial charge is 0.465 e. The number of benzene rings is 1. The molecule has 6 nitrogen and oxygen atoms in total. The predicted octanol–water partition coefficient (Wildman–Crippen LogP) is 2.20. The molecule has 0 fully saturated rings. The van der Waals surface area contributed by atoms with Crippen LogP contribution in [0, 0.1) is 5.92 Å². The van der Waals surface area contributed by atoms with Crippen LogP contribution in [0.25, 0.3) is 0 Å². The highest BCUT2D eigenvalue weighted by Crippen LogP contribution is 2.37. The Hall–Kier alpha value is -2.24. The molecule has 0 bridgehead atoms. The molecule has 0 saturated carbocycles. The average molecular weight is 291 g/mol. The number of rotatable bonds is 3. The van der Waals surface area contributed by atoms with Crippen LogP contribution in [-0.4, -0.2) is 29.7 Å². The Labute approximate surface area is 123 Å². The summed E-state index contributed by atoms with van der Waals surface area (Å²) in [5.74, 6) is -0.0706. The number of nitrogens with one attached hydrogen (secondary N) is 3. The molecule has 114 valence electrons. The minimum atomic E-state index is -1.06. The number of hydrogen-bond acceptors (Lipinski definition) is 3. The van der Waals surface area contributed by atoms with E-state index in [-0.39, 0.29) is 23.9 Å². The number of amides is 2. The molecule has 2 rings (SSSR count). The summed E-state index contributed by atoms with van der Waals surface area (Å²) in [6, 6.07) is 5.15. The Morgan fingerprint density at radius 1 is 1.33 bits per heavy atom. The van der Waals surface area contributed by atoms with Gasteiger partial charge >= 0.3 is 6.09 Å². The zero-order chi connectivity index (χ0) is 15.6. The maximum atomic E-state index is 11.9. The first-order chi connectivity index (χ1) is 9.93. The van der Waals surface area contributed by atoms with Gasteiger partial charge in [0.1, 0.15) is 0 Å². The number of anilines is 1. The van der Waals surface area contributed by atoms with Crippen molar-refractivity contribution in [1.29, 1.82) is 0 Å². The number of fused-ring (bicyclic) bond motifs is 1. The third-order valence-electron chi connectivity index (χ3n) is 3.96. The Balaban J connectivity index is 2.40. The molecular weight excluding hydrogens is 270 g/mol. The molecule has 1 aromatic rings. The molecule has 1 aromatic carbocycles. The van der Waals surface area contributed by atoms with Crippen LogP contribution < -0.4 is 16.0 Å². The summed E-state index contributed by atoms with van der Waals surface area (Å²) in [5.41, 5.74) is 2.22. The molecule has 1 aliphatic rings. The quantitative estimate of drug-likeness (QED) is 0.687. The van der Waals surface area contributed by atoms with Crippen LogP contribution in [0.2, 0.25) is 0 Å². The summed E-state index contributed by atoms with van der Waals surface area (Å²) >= 11 is 0. The molecule has 21 heavy (non-hydrogen) atoms. The van der Waals surface area contributed by atoms with E-state index in [1.165, 1.54) is 0 Å². The van der Waals surface area contributed by atoms with Crippen molar-refractivity contribution in [2.75, 3.05) is 11.9 Å². The highest BCUT2D eigenvalue weighted by molar-refractivity contribution is 5.95. The van der Waals surface area contributed by atoms with E-state index >= 15 is 0 Å². The van der Waals surface area contributed by atoms with Crippen molar-refractivity contribution in [3.05, 3.63) is 29.3 Å². The SMILES string of the molecule is CCNC(=O)c1ccc2c(c1)[C@H](NC(=O)O)[C@H](C)[C@H](C)N2. The molecular formula is C15H21N3O3. The lowest BCUT2D eigenvalue weighted by Gasteiger charge is -2.37. The van der Waals surface area contributed by atoms with Gasteiger partial charge in [-0.15, -0.1) is 0 Å². The molecule has 1 aliphatic heterocycles. The molecule has 0 aromatic heterocycles. The molecule has 4 N–H and O–H groups in total. The zero-order valence-corrected chi connectivity index (χ0v) is 12.4. The summed E-state index contributed by atoms with van der Waals surface area (Å²) in [6.07, 6.45) is -1.06. The van der Waals surface area contributed by atoms with Crippen molar-refractivity contribution in [3.63, 3.8) is 0 Å². The van der Waals surface area contributed by atoms with E-state index in [9.17, 15) is 9.59 Å². The first-order valence-electron chi connectivity index (χ1n) is 7.12. The molecule has 6 heteroatoms. The molecule has 0 unspecified atom stereocenters. The van der Waals surface area contributed by atoms with E-state index in [2.05, 4.69) is 16.0 Å². The second kappa shape index (κ2) is 6.03. The molecule has 0 spiro atoms. The van der Waals surface area contributed by atoms with Crippen molar-refractivity contribution in [2.24, 2.45) is 5.92 Å². The van der Waals surface area contributed by atoms with E-state index in [1.54, 1.807) is 12.1 Å². The van der Waals surface area contributed by atoms with Gasteiger partial charge in [0.05, 0.1) is 6.04 Å². The third kappa shape index (κ3) is 3.09. The number of hydrogen-bond donors (Lipinski definition) is 4. The fourth-order valence-corrected chi connectivity index (χ4v) is 2.65. The van der Waals surface area contributed by atoms with E-state index in [4.69, 9.17) is 5.11 Å². The maximum Gasteiger partial charge on any atom is 0.405 e. The second-order valence-corrected chi connectivity index (χ2v) is 5.38. The van der Waals surface area contributed by atoms with Crippen LogP contribution in [0.3, 0.4) is 0 Å². The van der Waals surface area contributed by atoms with Gasteiger partial charge in [-0.25, -0.2) is 4.79 Å². The average Bonchev–Trinajstić information content (AvgIpc) is 2.43. The molecule has 2 amide bonds. The molecule has 3 atom stereocenters. The first kappa shape index (κ1) is 15.2. The first-order valence-corrected chi connectivity index (χ1v) is 7.12. The lowest BCUT2D eigenvalue weighted by molar-refractivity contribution is 0.0955. The van der Waals surface area contributed by atoms with Gasteiger partial charge in [-0.2, -0.15) is 0 Å². The minimum Gasteiger partial charge on any atom is -0.465 e. The van der Waals surface area contributed by atoms with Gasteiger partial charge < -0.3 is 21.1 Å². The van der Waals surface area contributed by atoms with E-state index in [0.717, 1.165) is 11.3 Å². The van der Waals surface area contributed by atoms with Crippen molar-refractivity contribution >= 4 is 17.7 Å². The normalized spacial score (nSPS) is 23.7. The number of carboxylic acid groups (broad SMARTS) is 1. The summed E-state index contributed by atoms with van der Waals surface area (Å²) < 4.78 is 0. The summed E-state index contributed by atoms with van der Waals surface area (Å²) in [7, 11) is 0. The zero-order valence-electron chi connectivity index (χ0n) is 12.4. The predicted molar refractivity (Wildman–Crippen MR) is 80.6 cm³/mol. The Morgan fingerprint density at radius 3 is 2.67 bits per heavy atom. The molecule has 0 radical (unpaired) electrons. The van der Waals surface area contributed by atoms with Crippen LogP contribution in [0.1, 0.15) is 42.7 Å². The lowest BCUT2D eigenvalue weighted by atomic mass is 9.84. The van der Waals surface area contributed by atoms with E-state index in [0.29, 0.717) is 12.1 Å². The van der Waals surface area contributed by atoms with Gasteiger partial charge in [0, 0.05) is 29.8 Å². The Kier molecular flexibility index (Phi) is 4.35. The van der Waals surface area contributed by atoms with Crippen LogP contribution in [0.4, 0.5) is 10.5 Å². The fraction of sp³-hybridized carbons (Fsp3) is 0.467. The van der Waals surface area contributed by atoms with Crippen LogP contribution in [-0.2, 0) is 0 Å². The number of carbonyl (C=O) groups is 2. The highest BCUT2D eigenvalue weighted by Gasteiger charge is 2.32. The van der Waals surface area contributed by atoms with Crippen molar-refractivity contribution in [2.45, 2.75) is 32.9 Å². The Morgan fingerprint density at radius 2 is 2.05 bits per heavy atom. The van der Waals surface area contributed by atoms with Crippen LogP contribution >= 0.6 is 0 Å². The standard InChI is InChI=1S/C15H21N3O3/c1-4-16-14(19)10-5-6-12-11(7-10)13(18-15(20)21)8(2)9(3)17-12/h5-9,13,17-18H,4H2,1-3H3,(H,16,19)(H,20,21)/t8-,9+,13-/m1/s1. The third-order valence-corrected chi connectivity index (χ3v) is 3.96. The summed E-state index contributed by atoms with van der Waals surface area (Å²) in [5, 5.41) is 17.7. The van der Waals surface area contributed by atoms with Gasteiger partial charge in [0.25, 0.3) is 5.91 Å². The van der Waals surface area contributed by atoms with E-state index < -0.39 is 6.09 Å². The van der Waals surface area contributed by atoms with Gasteiger partial charge in [0.2, 0.25) is 0 Å². The minimum absolute atomic E-state index is 0.0816. The topological polar surface area (TPSA) is 90.5 Å². The maximum absolute atomic E-state index is 11.9. The van der Waals surface area contributed by atoms with Gasteiger partial charge in [-0.3, -0.25) is 4.79 Å². The van der Waals surface area contributed by atoms with Crippen LogP contribution in [0.15, 0.2) is 18.2 Å². The van der Waals surface area contributed by atoms with Crippen LogP contribution in [0.5, 0.6) is 0 Å². The highest BCUT2D eigenvalue weighted by atomic mass is 16.4. The van der Waals surface area contributed by atoms with Crippen molar-refractivity contribution < 1.29 is 14.7 Å². The van der Waals surface area contributed by atoms with E-state index in [1.807, 2.05) is 26.8 Å². The second-order valence-electron chi connectivity index (χ2n) is 5.38. The van der Waals surface area contributed by atoms with Gasteiger partial charge in [-0.1, -0.05) is 6.92 Å². The smallest absolute Gasteiger partial charge is 0.405 e. The van der Waals surface area contributed by atoms with Gasteiger partial charge in [0.15, 0.2) is 0 Å². The van der Waals surface area contributed by atoms with Crippen molar-refractivity contribution in [1.82, 2.24) is 10.6 Å². The molecule has 0 aliphatic carbocycles.